The Morgan fingerprint density at radius 2 is 2.09 bits per heavy atom. The second kappa shape index (κ2) is 7.58. The third-order valence-electron chi connectivity index (χ3n) is 3.10. The number of thiazole rings is 1. The average molecular weight is 342 g/mol. The number of hydrogen-bond acceptors (Lipinski definition) is 5. The van der Waals surface area contributed by atoms with Gasteiger partial charge in [-0.2, -0.15) is 0 Å². The van der Waals surface area contributed by atoms with E-state index in [2.05, 4.69) is 10.3 Å². The van der Waals surface area contributed by atoms with Gasteiger partial charge in [0.2, 0.25) is 0 Å². The highest BCUT2D eigenvalue weighted by Crippen LogP contribution is 2.21. The fourth-order valence-electron chi connectivity index (χ4n) is 2.05. The molecule has 1 aromatic carbocycles. The minimum absolute atomic E-state index is 0.294. The number of ether oxygens (including phenoxy) is 1. The molecular weight excluding hydrogens is 326 g/mol. The van der Waals surface area contributed by atoms with Gasteiger partial charge >= 0.3 is 0 Å². The van der Waals surface area contributed by atoms with Crippen molar-refractivity contribution in [3.8, 4) is 0 Å². The van der Waals surface area contributed by atoms with E-state index >= 15 is 0 Å². The zero-order chi connectivity index (χ0) is 17.0. The van der Waals surface area contributed by atoms with Gasteiger partial charge < -0.3 is 15.2 Å². The molecule has 0 aliphatic heterocycles. The summed E-state index contributed by atoms with van der Waals surface area (Å²) in [6, 6.07) is 3.30. The normalized spacial score (nSPS) is 12.2. The lowest BCUT2D eigenvalue weighted by Gasteiger charge is -2.13. The summed E-state index contributed by atoms with van der Waals surface area (Å²) < 4.78 is 32.1. The Balaban J connectivity index is 2.04. The quantitative estimate of drug-likeness (QED) is 0.845. The van der Waals surface area contributed by atoms with E-state index in [4.69, 9.17) is 4.74 Å². The number of aliphatic hydroxyl groups is 1. The molecule has 1 amide bonds. The van der Waals surface area contributed by atoms with E-state index in [0.717, 1.165) is 12.1 Å². The number of methoxy groups -OCH3 is 1. The first-order chi connectivity index (χ1) is 10.9. The van der Waals surface area contributed by atoms with E-state index in [1.165, 1.54) is 24.5 Å². The number of nitrogens with one attached hydrogen (secondary N) is 1. The number of rotatable bonds is 6. The number of carbonyl (C=O) groups is 1. The topological polar surface area (TPSA) is 71.5 Å². The maximum Gasteiger partial charge on any atom is 0.263 e. The Morgan fingerprint density at radius 3 is 2.70 bits per heavy atom. The average Bonchev–Trinajstić information content (AvgIpc) is 2.86. The predicted octanol–water partition coefficient (Wildman–Crippen LogP) is 2.34. The van der Waals surface area contributed by atoms with Gasteiger partial charge in [-0.25, -0.2) is 13.8 Å². The van der Waals surface area contributed by atoms with Gasteiger partial charge in [-0.15, -0.1) is 11.3 Å². The molecule has 23 heavy (non-hydrogen) atoms. The fourth-order valence-corrected chi connectivity index (χ4v) is 3.00. The molecule has 0 radical (unpaired) electrons. The van der Waals surface area contributed by atoms with Gasteiger partial charge in [0, 0.05) is 13.7 Å². The molecule has 8 heteroatoms. The van der Waals surface area contributed by atoms with Crippen LogP contribution in [0.5, 0.6) is 0 Å². The van der Waals surface area contributed by atoms with E-state index in [1.807, 2.05) is 0 Å². The SMILES string of the molecule is COCc1nc(C)c(C(=O)NCC(O)c2c(F)cccc2F)s1. The van der Waals surface area contributed by atoms with Crippen LogP contribution in [-0.2, 0) is 11.3 Å². The molecule has 1 heterocycles. The van der Waals surface area contributed by atoms with Gasteiger partial charge in [-0.1, -0.05) is 6.07 Å². The molecular formula is C15H16F2N2O3S. The van der Waals surface area contributed by atoms with Crippen LogP contribution < -0.4 is 5.32 Å². The maximum atomic E-state index is 13.6. The van der Waals surface area contributed by atoms with Gasteiger partial charge in [0.25, 0.3) is 5.91 Å². The molecule has 0 bridgehead atoms. The largest absolute Gasteiger partial charge is 0.386 e. The fraction of sp³-hybridized carbons (Fsp3) is 0.333. The number of nitrogens with zero attached hydrogens (tertiary/aromatic N) is 1. The summed E-state index contributed by atoms with van der Waals surface area (Å²) >= 11 is 1.17. The van der Waals surface area contributed by atoms with Crippen LogP contribution in [0.25, 0.3) is 0 Å². The zero-order valence-electron chi connectivity index (χ0n) is 12.6. The summed E-state index contributed by atoms with van der Waals surface area (Å²) in [4.78, 5) is 16.7. The van der Waals surface area contributed by atoms with Crippen LogP contribution in [0.4, 0.5) is 8.78 Å². The molecule has 1 unspecified atom stereocenters. The van der Waals surface area contributed by atoms with Gasteiger partial charge in [-0.05, 0) is 19.1 Å². The predicted molar refractivity (Wildman–Crippen MR) is 81.2 cm³/mol. The van der Waals surface area contributed by atoms with Crippen molar-refractivity contribution in [2.45, 2.75) is 19.6 Å². The number of halogens is 2. The van der Waals surface area contributed by atoms with E-state index in [-0.39, 0.29) is 6.54 Å². The Bertz CT molecular complexity index is 686. The highest BCUT2D eigenvalue weighted by atomic mass is 32.1. The van der Waals surface area contributed by atoms with Crippen LogP contribution in [0.3, 0.4) is 0 Å². The lowest BCUT2D eigenvalue weighted by atomic mass is 10.1. The molecule has 0 aliphatic carbocycles. The molecule has 0 saturated carbocycles. The minimum atomic E-state index is -1.48. The lowest BCUT2D eigenvalue weighted by Crippen LogP contribution is -2.29. The second-order valence-corrected chi connectivity index (χ2v) is 5.90. The molecule has 2 rings (SSSR count). The summed E-state index contributed by atoms with van der Waals surface area (Å²) in [5, 5.41) is 13.0. The summed E-state index contributed by atoms with van der Waals surface area (Å²) in [6.07, 6.45) is -1.48. The molecule has 5 nitrogen and oxygen atoms in total. The highest BCUT2D eigenvalue weighted by molar-refractivity contribution is 7.13. The lowest BCUT2D eigenvalue weighted by molar-refractivity contribution is 0.0914. The van der Waals surface area contributed by atoms with E-state index in [1.54, 1.807) is 6.92 Å². The first-order valence-electron chi connectivity index (χ1n) is 6.79. The maximum absolute atomic E-state index is 13.6. The zero-order valence-corrected chi connectivity index (χ0v) is 13.4. The number of amides is 1. The number of carbonyl (C=O) groups excluding carboxylic acids is 1. The Hall–Kier alpha value is -1.90. The third-order valence-corrected chi connectivity index (χ3v) is 4.23. The minimum Gasteiger partial charge on any atom is -0.386 e. The molecule has 0 fully saturated rings. The molecule has 0 aliphatic rings. The number of aromatic nitrogens is 1. The molecule has 1 atom stereocenters. The van der Waals surface area contributed by atoms with Gasteiger partial charge in [0.1, 0.15) is 27.6 Å². The van der Waals surface area contributed by atoms with Crippen LogP contribution >= 0.6 is 11.3 Å². The monoisotopic (exact) mass is 342 g/mol. The van der Waals surface area contributed by atoms with Crippen molar-refractivity contribution >= 4 is 17.2 Å². The standard InChI is InChI=1S/C15H16F2N2O3S/c1-8-14(23-12(19-8)7-22-2)15(21)18-6-11(20)13-9(16)4-3-5-10(13)17/h3-5,11,20H,6-7H2,1-2H3,(H,18,21). The van der Waals surface area contributed by atoms with Crippen molar-refractivity contribution in [1.29, 1.82) is 0 Å². The Morgan fingerprint density at radius 1 is 1.43 bits per heavy atom. The third kappa shape index (κ3) is 4.10. The number of aliphatic hydroxyl groups excluding tert-OH is 1. The smallest absolute Gasteiger partial charge is 0.263 e. The number of aryl methyl sites for hydroxylation is 1. The molecule has 2 aromatic rings. The highest BCUT2D eigenvalue weighted by Gasteiger charge is 2.20. The van der Waals surface area contributed by atoms with E-state index < -0.39 is 29.2 Å². The summed E-state index contributed by atoms with van der Waals surface area (Å²) in [5.41, 5.74) is 0.0695. The summed E-state index contributed by atoms with van der Waals surface area (Å²) in [5.74, 6) is -2.18. The summed E-state index contributed by atoms with van der Waals surface area (Å²) in [6.45, 7) is 1.66. The van der Waals surface area contributed by atoms with Gasteiger partial charge in [0.15, 0.2) is 0 Å². The van der Waals surface area contributed by atoms with Crippen molar-refractivity contribution in [2.24, 2.45) is 0 Å². The molecule has 124 valence electrons. The summed E-state index contributed by atoms with van der Waals surface area (Å²) in [7, 11) is 1.52. The van der Waals surface area contributed by atoms with Crippen LogP contribution in [0, 0.1) is 18.6 Å². The van der Waals surface area contributed by atoms with Gasteiger partial charge in [0.05, 0.1) is 17.9 Å². The molecule has 2 N–H and O–H groups in total. The van der Waals surface area contributed by atoms with Gasteiger partial charge in [-0.3, -0.25) is 4.79 Å². The van der Waals surface area contributed by atoms with Crippen molar-refractivity contribution in [1.82, 2.24) is 10.3 Å². The van der Waals surface area contributed by atoms with Crippen LogP contribution in [0.2, 0.25) is 0 Å². The van der Waals surface area contributed by atoms with Crippen molar-refractivity contribution in [3.05, 3.63) is 51.0 Å². The number of benzene rings is 1. The van der Waals surface area contributed by atoms with Crippen molar-refractivity contribution in [3.63, 3.8) is 0 Å². The van der Waals surface area contributed by atoms with Crippen LogP contribution in [0.15, 0.2) is 18.2 Å². The molecule has 1 aromatic heterocycles. The molecule has 0 spiro atoms. The second-order valence-electron chi connectivity index (χ2n) is 4.82. The Kier molecular flexibility index (Phi) is 5.75. The Labute approximate surface area is 135 Å². The first-order valence-corrected chi connectivity index (χ1v) is 7.61. The van der Waals surface area contributed by atoms with Crippen LogP contribution in [0.1, 0.15) is 32.0 Å². The van der Waals surface area contributed by atoms with Crippen LogP contribution in [-0.4, -0.2) is 29.7 Å². The van der Waals surface area contributed by atoms with Crippen molar-refractivity contribution in [2.75, 3.05) is 13.7 Å². The van der Waals surface area contributed by atoms with E-state index in [0.29, 0.717) is 22.2 Å². The van der Waals surface area contributed by atoms with Crippen molar-refractivity contribution < 1.29 is 23.4 Å². The first kappa shape index (κ1) is 17.5. The number of hydrogen-bond donors (Lipinski definition) is 2. The van der Waals surface area contributed by atoms with E-state index in [9.17, 15) is 18.7 Å². The molecule has 0 saturated heterocycles.